The first-order chi connectivity index (χ1) is 10.5. The Morgan fingerprint density at radius 1 is 1.09 bits per heavy atom. The average Bonchev–Trinajstić information content (AvgIpc) is 2.89. The first kappa shape index (κ1) is 15.0. The van der Waals surface area contributed by atoms with Crippen molar-refractivity contribution in [3.63, 3.8) is 0 Å². The fourth-order valence-corrected chi connectivity index (χ4v) is 3.13. The maximum Gasteiger partial charge on any atom is 0.253 e. The fraction of sp³-hybridized carbons (Fsp3) is 0.353. The van der Waals surface area contributed by atoms with Gasteiger partial charge in [-0.05, 0) is 37.0 Å². The number of hydrogen-bond donors (Lipinski definition) is 0. The van der Waals surface area contributed by atoms with E-state index in [9.17, 15) is 0 Å². The number of aryl methyl sites for hydroxylation is 2. The normalized spacial score (nSPS) is 11.5. The van der Waals surface area contributed by atoms with Crippen LogP contribution in [0.15, 0.2) is 35.5 Å². The monoisotopic (exact) mass is 312 g/mol. The second-order valence-electron chi connectivity index (χ2n) is 5.83. The van der Waals surface area contributed by atoms with E-state index in [1.54, 1.807) is 16.3 Å². The van der Waals surface area contributed by atoms with Gasteiger partial charge in [-0.1, -0.05) is 49.9 Å². The summed E-state index contributed by atoms with van der Waals surface area (Å²) in [6.07, 6.45) is 0. The Hall–Kier alpha value is -1.88. The van der Waals surface area contributed by atoms with E-state index in [1.807, 2.05) is 19.9 Å². The van der Waals surface area contributed by atoms with Gasteiger partial charge in [0, 0.05) is 17.1 Å². The summed E-state index contributed by atoms with van der Waals surface area (Å²) in [5.74, 6) is 2.11. The van der Waals surface area contributed by atoms with Crippen LogP contribution in [0.5, 0.6) is 0 Å². The predicted molar refractivity (Wildman–Crippen MR) is 90.3 cm³/mol. The lowest BCUT2D eigenvalue weighted by atomic mass is 10.0. The van der Waals surface area contributed by atoms with Gasteiger partial charge in [-0.15, -0.1) is 5.10 Å². The van der Waals surface area contributed by atoms with Crippen molar-refractivity contribution in [1.29, 1.82) is 0 Å². The van der Waals surface area contributed by atoms with E-state index in [-0.39, 0.29) is 0 Å². The number of benzene rings is 1. The quantitative estimate of drug-likeness (QED) is 0.679. The first-order valence-corrected chi connectivity index (χ1v) is 8.44. The summed E-state index contributed by atoms with van der Waals surface area (Å²) in [4.78, 5) is 8.92. The Morgan fingerprint density at radius 2 is 1.82 bits per heavy atom. The third-order valence-corrected chi connectivity index (χ3v) is 4.52. The maximum atomic E-state index is 4.52. The molecular formula is C17H20N4S. The number of fused-ring (bicyclic) bond motifs is 1. The lowest BCUT2D eigenvalue weighted by molar-refractivity contribution is 0.843. The van der Waals surface area contributed by atoms with Crippen molar-refractivity contribution < 1.29 is 0 Å². The van der Waals surface area contributed by atoms with Gasteiger partial charge in [0.05, 0.1) is 0 Å². The largest absolute Gasteiger partial charge is 0.253 e. The summed E-state index contributed by atoms with van der Waals surface area (Å²) < 4.78 is 1.80. The van der Waals surface area contributed by atoms with E-state index >= 15 is 0 Å². The Kier molecular flexibility index (Phi) is 4.16. The van der Waals surface area contributed by atoms with Gasteiger partial charge in [-0.2, -0.15) is 4.98 Å². The molecule has 22 heavy (non-hydrogen) atoms. The smallest absolute Gasteiger partial charge is 0.216 e. The highest BCUT2D eigenvalue weighted by atomic mass is 32.2. The first-order valence-electron chi connectivity index (χ1n) is 7.45. The molecule has 0 unspecified atom stereocenters. The summed E-state index contributed by atoms with van der Waals surface area (Å²) in [6, 6.07) is 10.8. The Bertz CT molecular complexity index is 790. The lowest BCUT2D eigenvalue weighted by Gasteiger charge is -2.05. The molecule has 1 aromatic carbocycles. The molecule has 2 aromatic heterocycles. The van der Waals surface area contributed by atoms with Gasteiger partial charge in [0.2, 0.25) is 5.16 Å². The molecule has 0 fully saturated rings. The van der Waals surface area contributed by atoms with Gasteiger partial charge in [0.1, 0.15) is 0 Å². The van der Waals surface area contributed by atoms with Crippen LogP contribution in [0.2, 0.25) is 0 Å². The van der Waals surface area contributed by atoms with E-state index in [0.717, 1.165) is 22.3 Å². The minimum Gasteiger partial charge on any atom is -0.216 e. The van der Waals surface area contributed by atoms with Crippen LogP contribution in [0.25, 0.3) is 5.78 Å². The lowest BCUT2D eigenvalue weighted by Crippen LogP contribution is -1.97. The Morgan fingerprint density at radius 3 is 2.50 bits per heavy atom. The number of aromatic nitrogens is 4. The fourth-order valence-electron chi connectivity index (χ4n) is 2.36. The van der Waals surface area contributed by atoms with E-state index in [1.165, 1.54) is 11.1 Å². The van der Waals surface area contributed by atoms with Crippen molar-refractivity contribution in [3.05, 3.63) is 52.8 Å². The molecule has 0 saturated heterocycles. The third-order valence-electron chi connectivity index (χ3n) is 3.61. The number of rotatable bonds is 4. The van der Waals surface area contributed by atoms with E-state index in [0.29, 0.717) is 11.7 Å². The summed E-state index contributed by atoms with van der Waals surface area (Å²) in [5, 5.41) is 5.29. The molecule has 0 spiro atoms. The van der Waals surface area contributed by atoms with Crippen LogP contribution in [0.4, 0.5) is 0 Å². The second-order valence-corrected chi connectivity index (χ2v) is 6.77. The Labute approximate surface area is 135 Å². The summed E-state index contributed by atoms with van der Waals surface area (Å²) >= 11 is 1.65. The van der Waals surface area contributed by atoms with Gasteiger partial charge < -0.3 is 0 Å². The van der Waals surface area contributed by atoms with Crippen LogP contribution in [-0.2, 0) is 5.75 Å². The predicted octanol–water partition coefficient (Wildman–Crippen LogP) is 4.16. The van der Waals surface area contributed by atoms with E-state index in [2.05, 4.69) is 53.2 Å². The van der Waals surface area contributed by atoms with Crippen molar-refractivity contribution in [2.75, 3.05) is 0 Å². The van der Waals surface area contributed by atoms with Crippen LogP contribution in [0, 0.1) is 13.8 Å². The van der Waals surface area contributed by atoms with Crippen molar-refractivity contribution >= 4 is 17.5 Å². The number of thioether (sulfide) groups is 1. The second kappa shape index (κ2) is 6.08. The Balaban J connectivity index is 1.75. The van der Waals surface area contributed by atoms with Crippen LogP contribution in [-0.4, -0.2) is 19.6 Å². The molecule has 0 atom stereocenters. The van der Waals surface area contributed by atoms with Crippen molar-refractivity contribution in [3.8, 4) is 0 Å². The molecule has 0 bridgehead atoms. The van der Waals surface area contributed by atoms with Crippen LogP contribution >= 0.6 is 11.8 Å². The standard InChI is InChI=1S/C17H20N4S/c1-11(2)15-7-5-14(6-8-15)10-22-17-19-16-18-12(3)9-13(4)21(16)20-17/h5-9,11H,10H2,1-4H3. The molecule has 0 aliphatic carbocycles. The van der Waals surface area contributed by atoms with Gasteiger partial charge in [-0.3, -0.25) is 0 Å². The highest BCUT2D eigenvalue weighted by Crippen LogP contribution is 2.22. The minimum absolute atomic E-state index is 0.569. The molecule has 0 aliphatic heterocycles. The zero-order chi connectivity index (χ0) is 15.7. The van der Waals surface area contributed by atoms with Gasteiger partial charge in [-0.25, -0.2) is 9.50 Å². The molecule has 0 N–H and O–H groups in total. The molecule has 0 radical (unpaired) electrons. The van der Waals surface area contributed by atoms with Gasteiger partial charge >= 0.3 is 0 Å². The molecular weight excluding hydrogens is 292 g/mol. The molecule has 5 heteroatoms. The van der Waals surface area contributed by atoms with Gasteiger partial charge in [0.25, 0.3) is 5.78 Å². The highest BCUT2D eigenvalue weighted by molar-refractivity contribution is 7.98. The van der Waals surface area contributed by atoms with Crippen LogP contribution < -0.4 is 0 Å². The van der Waals surface area contributed by atoms with Crippen molar-refractivity contribution in [2.24, 2.45) is 0 Å². The number of nitrogens with zero attached hydrogens (tertiary/aromatic N) is 4. The molecule has 4 nitrogen and oxygen atoms in total. The minimum atomic E-state index is 0.569. The molecule has 0 saturated carbocycles. The van der Waals surface area contributed by atoms with Gasteiger partial charge in [0.15, 0.2) is 0 Å². The summed E-state index contributed by atoms with van der Waals surface area (Å²) in [5.41, 5.74) is 4.69. The summed E-state index contributed by atoms with van der Waals surface area (Å²) in [7, 11) is 0. The van der Waals surface area contributed by atoms with E-state index in [4.69, 9.17) is 0 Å². The molecule has 0 aliphatic rings. The number of hydrogen-bond acceptors (Lipinski definition) is 4. The SMILES string of the molecule is Cc1cc(C)n2nc(SCc3ccc(C(C)C)cc3)nc2n1. The average molecular weight is 312 g/mol. The molecule has 3 rings (SSSR count). The topological polar surface area (TPSA) is 43.1 Å². The zero-order valence-corrected chi connectivity index (χ0v) is 14.2. The van der Waals surface area contributed by atoms with Crippen molar-refractivity contribution in [1.82, 2.24) is 19.6 Å². The maximum absolute atomic E-state index is 4.52. The van der Waals surface area contributed by atoms with Crippen molar-refractivity contribution in [2.45, 2.75) is 44.5 Å². The third kappa shape index (κ3) is 3.14. The molecule has 0 amide bonds. The molecule has 114 valence electrons. The summed E-state index contributed by atoms with van der Waals surface area (Å²) in [6.45, 7) is 8.42. The zero-order valence-electron chi connectivity index (χ0n) is 13.4. The van der Waals surface area contributed by atoms with E-state index < -0.39 is 0 Å². The molecule has 3 aromatic rings. The van der Waals surface area contributed by atoms with Crippen LogP contribution in [0.1, 0.15) is 42.3 Å². The van der Waals surface area contributed by atoms with Crippen LogP contribution in [0.3, 0.4) is 0 Å². The highest BCUT2D eigenvalue weighted by Gasteiger charge is 2.08. The molecule has 2 heterocycles.